The summed E-state index contributed by atoms with van der Waals surface area (Å²) in [6, 6.07) is 16.4. The van der Waals surface area contributed by atoms with E-state index in [1.165, 1.54) is 12.7 Å². The topological polar surface area (TPSA) is 41.6 Å². The molecule has 1 saturated heterocycles. The predicted molar refractivity (Wildman–Crippen MR) is 101 cm³/mol. The van der Waals surface area contributed by atoms with E-state index in [-0.39, 0.29) is 0 Å². The molecule has 3 rings (SSSR count). The lowest BCUT2D eigenvalue weighted by Crippen LogP contribution is -2.38. The van der Waals surface area contributed by atoms with Crippen molar-refractivity contribution < 1.29 is 9.53 Å². The van der Waals surface area contributed by atoms with E-state index in [4.69, 9.17) is 16.3 Å². The molecule has 0 radical (unpaired) electrons. The normalized spacial score (nSPS) is 15.8. The molecular formula is C20H23ClN2O2. The van der Waals surface area contributed by atoms with Gasteiger partial charge in [0.1, 0.15) is 0 Å². The molecule has 0 unspecified atom stereocenters. The molecule has 1 aliphatic rings. The number of benzene rings is 2. The number of anilines is 1. The minimum Gasteiger partial charge on any atom is -0.465 e. The van der Waals surface area contributed by atoms with Gasteiger partial charge >= 0.3 is 5.97 Å². The van der Waals surface area contributed by atoms with Crippen LogP contribution in [0.15, 0.2) is 48.5 Å². The Labute approximate surface area is 153 Å². The number of halogens is 1. The zero-order valence-corrected chi connectivity index (χ0v) is 15.1. The molecule has 0 spiro atoms. The number of hydrogen-bond donors (Lipinski definition) is 1. The average molecular weight is 359 g/mol. The third-order valence-electron chi connectivity index (χ3n) is 4.58. The fraction of sp³-hybridized carbons (Fsp3) is 0.350. The molecule has 25 heavy (non-hydrogen) atoms. The first-order valence-corrected chi connectivity index (χ1v) is 8.94. The minimum atomic E-state index is -0.411. The van der Waals surface area contributed by atoms with Gasteiger partial charge in [-0.15, -0.1) is 0 Å². The first-order chi connectivity index (χ1) is 12.2. The zero-order chi connectivity index (χ0) is 17.6. The molecule has 0 bridgehead atoms. The lowest BCUT2D eigenvalue weighted by Gasteiger charge is -2.33. The van der Waals surface area contributed by atoms with Crippen LogP contribution < -0.4 is 5.32 Å². The summed E-state index contributed by atoms with van der Waals surface area (Å²) in [6.07, 6.45) is 2.14. The van der Waals surface area contributed by atoms with Gasteiger partial charge in [0.15, 0.2) is 0 Å². The number of ether oxygens (including phenoxy) is 1. The third-order valence-corrected chi connectivity index (χ3v) is 4.91. The Bertz CT molecular complexity index is 713. The predicted octanol–water partition coefficient (Wildman–Crippen LogP) is 4.20. The Hall–Kier alpha value is -2.04. The summed E-state index contributed by atoms with van der Waals surface area (Å²) < 4.78 is 4.77. The van der Waals surface area contributed by atoms with E-state index in [0.717, 1.165) is 38.2 Å². The fourth-order valence-corrected chi connectivity index (χ4v) is 3.39. The number of methoxy groups -OCH3 is 1. The maximum Gasteiger partial charge on any atom is 0.339 e. The maximum atomic E-state index is 11.8. The lowest BCUT2D eigenvalue weighted by molar-refractivity contribution is 0.0601. The summed E-state index contributed by atoms with van der Waals surface area (Å²) in [5.74, 6) is -0.411. The summed E-state index contributed by atoms with van der Waals surface area (Å²) in [5, 5.41) is 3.93. The van der Waals surface area contributed by atoms with Crippen LogP contribution in [0.4, 0.5) is 5.69 Å². The van der Waals surface area contributed by atoms with Gasteiger partial charge in [-0.25, -0.2) is 4.79 Å². The molecule has 1 N–H and O–H groups in total. The number of nitrogens with one attached hydrogen (secondary N) is 1. The first-order valence-electron chi connectivity index (χ1n) is 8.56. The van der Waals surface area contributed by atoms with Crippen molar-refractivity contribution in [1.29, 1.82) is 0 Å². The van der Waals surface area contributed by atoms with Crippen LogP contribution in [0.1, 0.15) is 28.8 Å². The van der Waals surface area contributed by atoms with Gasteiger partial charge in [-0.05, 0) is 36.6 Å². The quantitative estimate of drug-likeness (QED) is 0.813. The van der Waals surface area contributed by atoms with Crippen LogP contribution in [-0.2, 0) is 11.3 Å². The van der Waals surface area contributed by atoms with Crippen LogP contribution in [-0.4, -0.2) is 37.1 Å². The average Bonchev–Trinajstić information content (AvgIpc) is 2.65. The summed E-state index contributed by atoms with van der Waals surface area (Å²) >= 11 is 6.07. The van der Waals surface area contributed by atoms with Crippen molar-refractivity contribution in [2.75, 3.05) is 25.5 Å². The summed E-state index contributed by atoms with van der Waals surface area (Å²) in [5.41, 5.74) is 2.66. The molecule has 2 aromatic rings. The van der Waals surface area contributed by atoms with Crippen LogP contribution >= 0.6 is 11.6 Å². The number of esters is 1. The molecule has 132 valence electrons. The van der Waals surface area contributed by atoms with E-state index < -0.39 is 5.97 Å². The van der Waals surface area contributed by atoms with E-state index in [9.17, 15) is 4.79 Å². The molecule has 0 aliphatic carbocycles. The van der Waals surface area contributed by atoms with Crippen molar-refractivity contribution in [3.8, 4) is 0 Å². The van der Waals surface area contributed by atoms with E-state index in [0.29, 0.717) is 16.6 Å². The highest BCUT2D eigenvalue weighted by Gasteiger charge is 2.20. The third kappa shape index (κ3) is 4.74. The number of likely N-dealkylation sites (tertiary alicyclic amines) is 1. The molecule has 2 aromatic carbocycles. The van der Waals surface area contributed by atoms with E-state index in [1.807, 2.05) is 12.1 Å². The monoisotopic (exact) mass is 358 g/mol. The van der Waals surface area contributed by atoms with Crippen molar-refractivity contribution >= 4 is 23.3 Å². The van der Waals surface area contributed by atoms with Crippen molar-refractivity contribution in [2.45, 2.75) is 25.4 Å². The number of piperidine rings is 1. The molecule has 1 heterocycles. The van der Waals surface area contributed by atoms with Gasteiger partial charge in [-0.2, -0.15) is 0 Å². The molecule has 0 atom stereocenters. The highest BCUT2D eigenvalue weighted by atomic mass is 35.5. The molecule has 0 saturated carbocycles. The number of carbonyl (C=O) groups is 1. The van der Waals surface area contributed by atoms with Crippen LogP contribution in [0.2, 0.25) is 5.02 Å². The van der Waals surface area contributed by atoms with Crippen LogP contribution in [0.3, 0.4) is 0 Å². The van der Waals surface area contributed by atoms with Crippen LogP contribution in [0.25, 0.3) is 0 Å². The van der Waals surface area contributed by atoms with Crippen molar-refractivity contribution in [3.05, 3.63) is 64.7 Å². The van der Waals surface area contributed by atoms with E-state index >= 15 is 0 Å². The Morgan fingerprint density at radius 1 is 1.20 bits per heavy atom. The summed E-state index contributed by atoms with van der Waals surface area (Å²) in [6.45, 7) is 3.12. The van der Waals surface area contributed by atoms with Crippen molar-refractivity contribution in [1.82, 2.24) is 4.90 Å². The number of nitrogens with zero attached hydrogens (tertiary/aromatic N) is 1. The van der Waals surface area contributed by atoms with Gasteiger partial charge in [-0.3, -0.25) is 4.90 Å². The van der Waals surface area contributed by atoms with Gasteiger partial charge in [0.05, 0.1) is 17.7 Å². The van der Waals surface area contributed by atoms with Gasteiger partial charge in [-0.1, -0.05) is 41.9 Å². The molecule has 0 amide bonds. The van der Waals surface area contributed by atoms with Crippen LogP contribution in [0, 0.1) is 0 Å². The smallest absolute Gasteiger partial charge is 0.339 e. The highest BCUT2D eigenvalue weighted by Crippen LogP contribution is 2.24. The van der Waals surface area contributed by atoms with Crippen molar-refractivity contribution in [2.24, 2.45) is 0 Å². The Kier molecular flexibility index (Phi) is 5.95. The summed E-state index contributed by atoms with van der Waals surface area (Å²) in [7, 11) is 1.36. The first kappa shape index (κ1) is 17.8. The fourth-order valence-electron chi connectivity index (χ4n) is 3.19. The summed E-state index contributed by atoms with van der Waals surface area (Å²) in [4.78, 5) is 14.2. The highest BCUT2D eigenvalue weighted by molar-refractivity contribution is 6.33. The lowest BCUT2D eigenvalue weighted by atomic mass is 10.0. The molecule has 1 aliphatic heterocycles. The minimum absolute atomic E-state index is 0.399. The van der Waals surface area contributed by atoms with Gasteiger partial charge < -0.3 is 10.1 Å². The molecule has 0 aromatic heterocycles. The second-order valence-electron chi connectivity index (χ2n) is 6.37. The van der Waals surface area contributed by atoms with Crippen LogP contribution in [0.5, 0.6) is 0 Å². The number of carbonyl (C=O) groups excluding carboxylic acids is 1. The largest absolute Gasteiger partial charge is 0.465 e. The van der Waals surface area contributed by atoms with E-state index in [2.05, 4.69) is 34.5 Å². The molecule has 4 nitrogen and oxygen atoms in total. The SMILES string of the molecule is COC(=O)c1cc(NC2CCN(Cc3ccccc3)CC2)ccc1Cl. The maximum absolute atomic E-state index is 11.8. The Balaban J connectivity index is 1.55. The van der Waals surface area contributed by atoms with Crippen molar-refractivity contribution in [3.63, 3.8) is 0 Å². The van der Waals surface area contributed by atoms with E-state index in [1.54, 1.807) is 12.1 Å². The second kappa shape index (κ2) is 8.37. The molecule has 5 heteroatoms. The standard InChI is InChI=1S/C20H23ClN2O2/c1-25-20(24)18-13-17(7-8-19(18)21)22-16-9-11-23(12-10-16)14-15-5-3-2-4-6-15/h2-8,13,16,22H,9-12,14H2,1H3. The van der Waals surface area contributed by atoms with Gasteiger partial charge in [0.25, 0.3) is 0 Å². The van der Waals surface area contributed by atoms with Gasteiger partial charge in [0, 0.05) is 31.4 Å². The number of rotatable bonds is 5. The van der Waals surface area contributed by atoms with Gasteiger partial charge in [0.2, 0.25) is 0 Å². The number of hydrogen-bond acceptors (Lipinski definition) is 4. The molecule has 1 fully saturated rings. The zero-order valence-electron chi connectivity index (χ0n) is 14.4. The Morgan fingerprint density at radius 3 is 2.60 bits per heavy atom. The second-order valence-corrected chi connectivity index (χ2v) is 6.77. The molecular weight excluding hydrogens is 336 g/mol. The Morgan fingerprint density at radius 2 is 1.92 bits per heavy atom.